The van der Waals surface area contributed by atoms with Gasteiger partial charge in [-0.3, -0.25) is 9.59 Å². The predicted octanol–water partition coefficient (Wildman–Crippen LogP) is 1.70. The van der Waals surface area contributed by atoms with Crippen LogP contribution in [-0.2, 0) is 4.79 Å². The first-order valence-electron chi connectivity index (χ1n) is 7.45. The summed E-state index contributed by atoms with van der Waals surface area (Å²) < 4.78 is 1.85. The Kier molecular flexibility index (Phi) is 4.47. The van der Waals surface area contributed by atoms with E-state index in [2.05, 4.69) is 25.9 Å². The number of hydrogen-bond acceptors (Lipinski definition) is 4. The molecule has 1 aliphatic rings. The number of amides is 1. The summed E-state index contributed by atoms with van der Waals surface area (Å²) in [6.07, 6.45) is 3.08. The standard InChI is InChI=1S/C16H17BrN4O2/c17-14-13(20-8-6-11(7-9-20)15(18)22)10-19-21(16(14)23)12-4-2-1-3-5-12/h1-5,10-11H,6-9H2,(H2,18,22). The lowest BCUT2D eigenvalue weighted by Crippen LogP contribution is -2.39. The van der Waals surface area contributed by atoms with Gasteiger partial charge in [0.1, 0.15) is 4.47 Å². The average Bonchev–Trinajstić information content (AvgIpc) is 2.58. The molecule has 23 heavy (non-hydrogen) atoms. The lowest BCUT2D eigenvalue weighted by atomic mass is 9.96. The van der Waals surface area contributed by atoms with Crippen molar-refractivity contribution in [2.45, 2.75) is 12.8 Å². The van der Waals surface area contributed by atoms with Crippen molar-refractivity contribution in [1.29, 1.82) is 0 Å². The van der Waals surface area contributed by atoms with Gasteiger partial charge in [0.25, 0.3) is 5.56 Å². The van der Waals surface area contributed by atoms with Gasteiger partial charge in [0.15, 0.2) is 0 Å². The zero-order chi connectivity index (χ0) is 16.4. The van der Waals surface area contributed by atoms with Gasteiger partial charge in [0.2, 0.25) is 5.91 Å². The van der Waals surface area contributed by atoms with Gasteiger partial charge in [0, 0.05) is 19.0 Å². The van der Waals surface area contributed by atoms with Crippen molar-refractivity contribution < 1.29 is 4.79 Å². The molecular weight excluding hydrogens is 360 g/mol. The minimum atomic E-state index is -0.249. The van der Waals surface area contributed by atoms with Crippen LogP contribution in [0.15, 0.2) is 45.8 Å². The van der Waals surface area contributed by atoms with Crippen LogP contribution in [0, 0.1) is 5.92 Å². The average molecular weight is 377 g/mol. The Morgan fingerprint density at radius 2 is 1.87 bits per heavy atom. The van der Waals surface area contributed by atoms with Crippen LogP contribution >= 0.6 is 15.9 Å². The second kappa shape index (κ2) is 6.54. The lowest BCUT2D eigenvalue weighted by Gasteiger charge is -2.32. The molecule has 0 bridgehead atoms. The van der Waals surface area contributed by atoms with E-state index < -0.39 is 0 Å². The molecule has 2 N–H and O–H groups in total. The fourth-order valence-corrected chi connectivity index (χ4v) is 3.32. The van der Waals surface area contributed by atoms with Crippen molar-refractivity contribution in [3.8, 4) is 5.69 Å². The number of piperidine rings is 1. The van der Waals surface area contributed by atoms with Crippen LogP contribution in [0.2, 0.25) is 0 Å². The maximum absolute atomic E-state index is 12.6. The zero-order valence-electron chi connectivity index (χ0n) is 12.5. The van der Waals surface area contributed by atoms with E-state index in [0.29, 0.717) is 30.4 Å². The molecule has 0 aliphatic carbocycles. The topological polar surface area (TPSA) is 81.2 Å². The number of primary amides is 1. The molecule has 3 rings (SSSR count). The Morgan fingerprint density at radius 3 is 2.48 bits per heavy atom. The lowest BCUT2D eigenvalue weighted by molar-refractivity contribution is -0.122. The first kappa shape index (κ1) is 15.7. The minimum absolute atomic E-state index is 0.0809. The van der Waals surface area contributed by atoms with E-state index in [1.807, 2.05) is 30.3 Å². The summed E-state index contributed by atoms with van der Waals surface area (Å²) in [5.41, 5.74) is 6.63. The minimum Gasteiger partial charge on any atom is -0.369 e. The molecule has 120 valence electrons. The first-order chi connectivity index (χ1) is 11.1. The summed E-state index contributed by atoms with van der Waals surface area (Å²) >= 11 is 3.40. The van der Waals surface area contributed by atoms with Crippen LogP contribution < -0.4 is 16.2 Å². The van der Waals surface area contributed by atoms with E-state index in [4.69, 9.17) is 5.73 Å². The highest BCUT2D eigenvalue weighted by Gasteiger charge is 2.25. The number of nitrogens with zero attached hydrogens (tertiary/aromatic N) is 3. The SMILES string of the molecule is NC(=O)C1CCN(c2cnn(-c3ccccc3)c(=O)c2Br)CC1. The number of carbonyl (C=O) groups excluding carboxylic acids is 1. The van der Waals surface area contributed by atoms with Crippen molar-refractivity contribution in [2.75, 3.05) is 18.0 Å². The molecule has 1 amide bonds. The molecule has 1 aromatic carbocycles. The second-order valence-electron chi connectivity index (χ2n) is 5.56. The summed E-state index contributed by atoms with van der Waals surface area (Å²) in [6.45, 7) is 1.37. The monoisotopic (exact) mass is 376 g/mol. The molecule has 0 radical (unpaired) electrons. The van der Waals surface area contributed by atoms with E-state index in [0.717, 1.165) is 11.4 Å². The predicted molar refractivity (Wildman–Crippen MR) is 91.7 cm³/mol. The third kappa shape index (κ3) is 3.14. The summed E-state index contributed by atoms with van der Waals surface area (Å²) in [6, 6.07) is 9.28. The van der Waals surface area contributed by atoms with Gasteiger partial charge in [-0.25, -0.2) is 0 Å². The Hall–Kier alpha value is -2.15. The molecule has 1 aromatic heterocycles. The Labute approximate surface area is 142 Å². The smallest absolute Gasteiger partial charge is 0.287 e. The summed E-state index contributed by atoms with van der Waals surface area (Å²) in [7, 11) is 0. The Morgan fingerprint density at radius 1 is 1.22 bits per heavy atom. The van der Waals surface area contributed by atoms with E-state index in [-0.39, 0.29) is 17.4 Å². The fourth-order valence-electron chi connectivity index (χ4n) is 2.80. The van der Waals surface area contributed by atoms with Gasteiger partial charge >= 0.3 is 0 Å². The Bertz CT molecular complexity index is 767. The summed E-state index contributed by atoms with van der Waals surface area (Å²) in [4.78, 5) is 25.9. The van der Waals surface area contributed by atoms with E-state index in [1.165, 1.54) is 4.68 Å². The van der Waals surface area contributed by atoms with Gasteiger partial charge in [-0.15, -0.1) is 0 Å². The second-order valence-corrected chi connectivity index (χ2v) is 6.35. The van der Waals surface area contributed by atoms with Gasteiger partial charge in [-0.1, -0.05) is 18.2 Å². The van der Waals surface area contributed by atoms with Crippen molar-refractivity contribution >= 4 is 27.5 Å². The number of rotatable bonds is 3. The fraction of sp³-hybridized carbons (Fsp3) is 0.312. The zero-order valence-corrected chi connectivity index (χ0v) is 14.1. The molecule has 1 aliphatic heterocycles. The summed E-state index contributed by atoms with van der Waals surface area (Å²) in [5.74, 6) is -0.330. The van der Waals surface area contributed by atoms with E-state index in [1.54, 1.807) is 6.20 Å². The molecule has 7 heteroatoms. The number of para-hydroxylation sites is 1. The maximum atomic E-state index is 12.6. The van der Waals surface area contributed by atoms with Crippen LogP contribution in [0.1, 0.15) is 12.8 Å². The first-order valence-corrected chi connectivity index (χ1v) is 8.24. The number of anilines is 1. The van der Waals surface area contributed by atoms with Crippen LogP contribution in [-0.4, -0.2) is 28.8 Å². The third-order valence-corrected chi connectivity index (χ3v) is 4.88. The highest BCUT2D eigenvalue weighted by molar-refractivity contribution is 9.10. The molecule has 6 nitrogen and oxygen atoms in total. The number of halogens is 1. The number of carbonyl (C=O) groups is 1. The quantitative estimate of drug-likeness (QED) is 0.883. The molecule has 0 spiro atoms. The van der Waals surface area contributed by atoms with Gasteiger partial charge in [-0.2, -0.15) is 9.78 Å². The third-order valence-electron chi connectivity index (χ3n) is 4.14. The van der Waals surface area contributed by atoms with E-state index >= 15 is 0 Å². The van der Waals surface area contributed by atoms with Crippen molar-refractivity contribution in [2.24, 2.45) is 11.7 Å². The normalized spacial score (nSPS) is 15.6. The van der Waals surface area contributed by atoms with Crippen LogP contribution in [0.4, 0.5) is 5.69 Å². The molecule has 0 saturated carbocycles. The molecule has 2 aromatic rings. The van der Waals surface area contributed by atoms with Gasteiger partial charge in [0.05, 0.1) is 17.6 Å². The number of nitrogens with two attached hydrogens (primary N) is 1. The van der Waals surface area contributed by atoms with E-state index in [9.17, 15) is 9.59 Å². The van der Waals surface area contributed by atoms with Crippen LogP contribution in [0.3, 0.4) is 0 Å². The Balaban J connectivity index is 1.87. The maximum Gasteiger partial charge on any atom is 0.287 e. The van der Waals surface area contributed by atoms with Crippen molar-refractivity contribution in [3.63, 3.8) is 0 Å². The number of benzene rings is 1. The largest absolute Gasteiger partial charge is 0.369 e. The molecule has 0 atom stereocenters. The molecular formula is C16H17BrN4O2. The highest BCUT2D eigenvalue weighted by Crippen LogP contribution is 2.27. The van der Waals surface area contributed by atoms with Crippen LogP contribution in [0.25, 0.3) is 5.69 Å². The van der Waals surface area contributed by atoms with Crippen LogP contribution in [0.5, 0.6) is 0 Å². The molecule has 2 heterocycles. The summed E-state index contributed by atoms with van der Waals surface area (Å²) in [5, 5.41) is 4.28. The number of hydrogen-bond donors (Lipinski definition) is 1. The van der Waals surface area contributed by atoms with Gasteiger partial charge in [-0.05, 0) is 40.9 Å². The van der Waals surface area contributed by atoms with Gasteiger partial charge < -0.3 is 10.6 Å². The molecule has 0 unspecified atom stereocenters. The van der Waals surface area contributed by atoms with Crippen molar-refractivity contribution in [3.05, 3.63) is 51.4 Å². The molecule has 1 saturated heterocycles. The van der Waals surface area contributed by atoms with Crippen molar-refractivity contribution in [1.82, 2.24) is 9.78 Å². The number of aromatic nitrogens is 2. The highest BCUT2D eigenvalue weighted by atomic mass is 79.9. The molecule has 1 fully saturated rings.